The lowest BCUT2D eigenvalue weighted by atomic mass is 9.77. The zero-order valence-corrected chi connectivity index (χ0v) is 49.4. The van der Waals surface area contributed by atoms with E-state index in [1.165, 1.54) is 0 Å². The first kappa shape index (κ1) is 72.9. The maximum Gasteiger partial charge on any atom is 0.320 e. The van der Waals surface area contributed by atoms with Crippen molar-refractivity contribution >= 4 is 17.8 Å². The molecule has 3 aliphatic heterocycles. The number of aliphatic hydroxyl groups excluding tert-OH is 8. The van der Waals surface area contributed by atoms with Crippen LogP contribution in [0.5, 0.6) is 0 Å². The van der Waals surface area contributed by atoms with Crippen LogP contribution in [0.3, 0.4) is 0 Å². The van der Waals surface area contributed by atoms with E-state index in [2.05, 4.69) is 20.8 Å². The van der Waals surface area contributed by atoms with Gasteiger partial charge in [-0.3, -0.25) is 19.2 Å². The summed E-state index contributed by atoms with van der Waals surface area (Å²) < 4.78 is 66.2. The largest absolute Gasteiger partial charge is 0.463 e. The smallest absolute Gasteiger partial charge is 0.320 e. The van der Waals surface area contributed by atoms with E-state index >= 15 is 0 Å². The first-order valence-electron chi connectivity index (χ1n) is 29.2. The maximum absolute atomic E-state index is 14.7. The van der Waals surface area contributed by atoms with Crippen LogP contribution in [0.2, 0.25) is 0 Å². The van der Waals surface area contributed by atoms with Crippen LogP contribution in [0.4, 0.5) is 0 Å². The van der Waals surface area contributed by atoms with Gasteiger partial charge in [-0.05, 0) is 59.3 Å². The second-order valence-corrected chi connectivity index (χ2v) is 21.5. The van der Waals surface area contributed by atoms with Gasteiger partial charge in [-0.2, -0.15) is 5.06 Å². The van der Waals surface area contributed by atoms with E-state index in [-0.39, 0.29) is 118 Å². The summed E-state index contributed by atoms with van der Waals surface area (Å²) in [6, 6.07) is 0. The zero-order valence-electron chi connectivity index (χ0n) is 49.4. The topological polar surface area (TPSA) is 340 Å². The summed E-state index contributed by atoms with van der Waals surface area (Å²) in [5.74, 6) is -3.03. The second-order valence-electron chi connectivity index (χ2n) is 21.5. The minimum absolute atomic E-state index is 0.00380. The maximum atomic E-state index is 14.7. The highest BCUT2D eigenvalue weighted by atomic mass is 16.7. The number of rotatable bonds is 43. The fourth-order valence-electron chi connectivity index (χ4n) is 9.83. The molecule has 3 heterocycles. The van der Waals surface area contributed by atoms with Crippen molar-refractivity contribution in [2.45, 2.75) is 204 Å². The van der Waals surface area contributed by atoms with Crippen molar-refractivity contribution < 1.29 is 117 Å². The van der Waals surface area contributed by atoms with Gasteiger partial charge in [-0.15, -0.1) is 0 Å². The molecule has 0 aliphatic carbocycles. The predicted octanol–water partition coefficient (Wildman–Crippen LogP) is 0.143. The Morgan fingerprint density at radius 2 is 0.951 bits per heavy atom. The molecule has 0 radical (unpaired) electrons. The third kappa shape index (κ3) is 22.4. The van der Waals surface area contributed by atoms with Crippen LogP contribution in [0.25, 0.3) is 0 Å². The van der Waals surface area contributed by atoms with Crippen LogP contribution in [0.1, 0.15) is 120 Å². The summed E-state index contributed by atoms with van der Waals surface area (Å²) in [5, 5.41) is 80.5. The molecule has 0 bridgehead atoms. The zero-order chi connectivity index (χ0) is 60.0. The Hall–Kier alpha value is -2.39. The first-order valence-corrected chi connectivity index (χ1v) is 29.2. The van der Waals surface area contributed by atoms with Crippen LogP contribution in [-0.2, 0) is 76.1 Å². The third-order valence-corrected chi connectivity index (χ3v) is 15.1. The van der Waals surface area contributed by atoms with E-state index in [1.54, 1.807) is 0 Å². The van der Waals surface area contributed by atoms with Gasteiger partial charge < -0.3 is 103 Å². The molecule has 3 fully saturated rings. The standard InChI is InChI=1S/C55H102N2O24/c1-9-14-15-16-17-38(81-57-54(10-2,11-3)37-56(53(6,7)8)52(68)55(57,12-4)13-5)34-39(48(66)75-30-26-71-22-18-69-20-24-73-28-32-77-50-46(64)44(62)42(60)40(35-58)79-50)49(67)76-31-27-72-23-19-70-21-25-74-29-33-78-51-47(65)45(63)43(61)41(36-59)80-51/h38-47,50-51,58-65H,9-37H2,1-8H3/t38?,40-,41-,42-,43-,44+,45+,46+,47+,50+,51+/m1/s1. The lowest BCUT2D eigenvalue weighted by molar-refractivity contribution is -0.323. The summed E-state index contributed by atoms with van der Waals surface area (Å²) >= 11 is 0. The molecule has 81 heavy (non-hydrogen) atoms. The Morgan fingerprint density at radius 3 is 1.31 bits per heavy atom. The van der Waals surface area contributed by atoms with Crippen molar-refractivity contribution in [1.29, 1.82) is 0 Å². The summed E-state index contributed by atoms with van der Waals surface area (Å²) in [6.45, 7) is 17.2. The average Bonchev–Trinajstić information content (AvgIpc) is 3.55. The van der Waals surface area contributed by atoms with Crippen molar-refractivity contribution in [1.82, 2.24) is 9.96 Å². The SMILES string of the molecule is CCCCCCC(CC(C(=O)OCCOCCOCCOCCO[C@H]1O[C@H](CO)[C@@H](O)[C@H](O)[C@@H]1O)C(=O)OCCOCCOCCOCCO[C@H]1O[C@H](CO)[C@@H](O)[C@H](O)[C@@H]1O)ON1C(CC)(CC)CN(C(C)(C)C)C(=O)C1(CC)CC. The predicted molar refractivity (Wildman–Crippen MR) is 288 cm³/mol. The molecule has 3 rings (SSSR count). The highest BCUT2D eigenvalue weighted by molar-refractivity contribution is 5.95. The van der Waals surface area contributed by atoms with Crippen molar-refractivity contribution in [3.63, 3.8) is 0 Å². The Morgan fingerprint density at radius 1 is 0.556 bits per heavy atom. The number of nitrogens with zero attached hydrogens (tertiary/aromatic N) is 2. The minimum atomic E-state index is -1.54. The van der Waals surface area contributed by atoms with Gasteiger partial charge in [-0.1, -0.05) is 60.3 Å². The number of aliphatic hydroxyl groups is 8. The van der Waals surface area contributed by atoms with Crippen LogP contribution in [0, 0.1) is 5.92 Å². The molecule has 26 nitrogen and oxygen atoms in total. The summed E-state index contributed by atoms with van der Waals surface area (Å²) in [5.41, 5.74) is -2.03. The third-order valence-electron chi connectivity index (χ3n) is 15.1. The van der Waals surface area contributed by atoms with E-state index in [4.69, 9.17) is 61.7 Å². The number of piperazine rings is 1. The van der Waals surface area contributed by atoms with E-state index in [0.717, 1.165) is 25.7 Å². The van der Waals surface area contributed by atoms with Gasteiger partial charge in [0.1, 0.15) is 67.6 Å². The van der Waals surface area contributed by atoms with E-state index < -0.39 is 115 Å². The number of hydrogen-bond donors (Lipinski definition) is 8. The molecule has 3 aliphatic rings. The fourth-order valence-corrected chi connectivity index (χ4v) is 9.83. The normalized spacial score (nSPS) is 26.5. The number of ether oxygens (including phenoxy) is 12. The summed E-state index contributed by atoms with van der Waals surface area (Å²) in [7, 11) is 0. The van der Waals surface area contributed by atoms with E-state index in [9.17, 15) is 55.2 Å². The van der Waals surface area contributed by atoms with Gasteiger partial charge in [0.25, 0.3) is 0 Å². The number of hydroxylamine groups is 2. The molecule has 8 N–H and O–H groups in total. The number of esters is 2. The lowest BCUT2D eigenvalue weighted by Gasteiger charge is -2.61. The number of unbranched alkanes of at least 4 members (excludes halogenated alkanes) is 3. The number of carbonyl (C=O) groups is 3. The highest BCUT2D eigenvalue weighted by Crippen LogP contribution is 2.45. The molecule has 0 aromatic rings. The molecule has 0 aromatic carbocycles. The quantitative estimate of drug-likeness (QED) is 0.0229. The number of carbonyl (C=O) groups excluding carboxylic acids is 3. The molecule has 11 atom stereocenters. The van der Waals surface area contributed by atoms with Gasteiger partial charge in [0.2, 0.25) is 5.91 Å². The van der Waals surface area contributed by atoms with Crippen LogP contribution in [-0.4, -0.2) is 278 Å². The second kappa shape index (κ2) is 38.6. The Kier molecular flexibility index (Phi) is 34.7. The van der Waals surface area contributed by atoms with Crippen molar-refractivity contribution in [2.75, 3.05) is 125 Å². The van der Waals surface area contributed by atoms with E-state index in [0.29, 0.717) is 38.6 Å². The van der Waals surface area contributed by atoms with E-state index in [1.807, 2.05) is 44.6 Å². The van der Waals surface area contributed by atoms with Gasteiger partial charge >= 0.3 is 11.9 Å². The molecule has 26 heteroatoms. The van der Waals surface area contributed by atoms with Crippen LogP contribution < -0.4 is 0 Å². The van der Waals surface area contributed by atoms with Gasteiger partial charge in [0, 0.05) is 12.1 Å². The molecule has 476 valence electrons. The molecular weight excluding hydrogens is 1070 g/mol. The van der Waals surface area contributed by atoms with Crippen molar-refractivity contribution in [3.05, 3.63) is 0 Å². The average molecular weight is 1180 g/mol. The molecule has 1 unspecified atom stereocenters. The molecule has 0 saturated carbocycles. The van der Waals surface area contributed by atoms with Gasteiger partial charge in [0.15, 0.2) is 18.5 Å². The van der Waals surface area contributed by atoms with Crippen molar-refractivity contribution in [2.24, 2.45) is 5.92 Å². The number of hydrogen-bond acceptors (Lipinski definition) is 25. The minimum Gasteiger partial charge on any atom is -0.463 e. The highest BCUT2D eigenvalue weighted by Gasteiger charge is 2.60. The van der Waals surface area contributed by atoms with Gasteiger partial charge in [-0.25, -0.2) is 0 Å². The summed E-state index contributed by atoms with van der Waals surface area (Å²) in [4.78, 5) is 51.9. The Balaban J connectivity index is 1.56. The summed E-state index contributed by atoms with van der Waals surface area (Å²) in [6.07, 6.45) is -8.02. The monoisotopic (exact) mass is 1170 g/mol. The Labute approximate surface area is 478 Å². The van der Waals surface area contributed by atoms with Crippen LogP contribution >= 0.6 is 0 Å². The number of amides is 1. The fraction of sp³-hybridized carbons (Fsp3) is 0.945. The molecule has 0 spiro atoms. The first-order chi connectivity index (χ1) is 38.8. The molecule has 3 saturated heterocycles. The Bertz CT molecular complexity index is 1630. The van der Waals surface area contributed by atoms with Gasteiger partial charge in [0.05, 0.1) is 117 Å². The molecular formula is C55H102N2O24. The lowest BCUT2D eigenvalue weighted by Crippen LogP contribution is -2.76. The van der Waals surface area contributed by atoms with Crippen LogP contribution in [0.15, 0.2) is 0 Å². The molecule has 1 amide bonds. The van der Waals surface area contributed by atoms with Crippen molar-refractivity contribution in [3.8, 4) is 0 Å². The molecule has 0 aromatic heterocycles.